The van der Waals surface area contributed by atoms with Crippen molar-refractivity contribution in [2.75, 3.05) is 18.5 Å². The van der Waals surface area contributed by atoms with Gasteiger partial charge in [-0.1, -0.05) is 18.2 Å². The van der Waals surface area contributed by atoms with E-state index in [1.54, 1.807) is 4.52 Å². The number of nitrogens with one attached hydrogen (secondary N) is 1. The predicted molar refractivity (Wildman–Crippen MR) is 78.2 cm³/mol. The van der Waals surface area contributed by atoms with Crippen molar-refractivity contribution in [2.45, 2.75) is 6.92 Å². The Morgan fingerprint density at radius 1 is 1.20 bits per heavy atom. The second-order valence-corrected chi connectivity index (χ2v) is 4.53. The normalized spacial score (nSPS) is 10.7. The summed E-state index contributed by atoms with van der Waals surface area (Å²) in [7, 11) is 0. The van der Waals surface area contributed by atoms with Crippen molar-refractivity contribution < 1.29 is 4.74 Å². The molecule has 1 aromatic carbocycles. The molecule has 102 valence electrons. The molecular formula is C15H16N4O. The molecule has 0 unspecified atom stereocenters. The van der Waals surface area contributed by atoms with Crippen LogP contribution in [0.25, 0.3) is 5.65 Å². The Morgan fingerprint density at radius 2 is 2.15 bits per heavy atom. The molecule has 0 amide bonds. The van der Waals surface area contributed by atoms with Gasteiger partial charge in [0.15, 0.2) is 5.65 Å². The molecule has 0 aliphatic rings. The van der Waals surface area contributed by atoms with E-state index < -0.39 is 0 Å². The Bertz CT molecular complexity index is 675. The highest BCUT2D eigenvalue weighted by Gasteiger charge is 2.01. The molecule has 2 heterocycles. The first-order chi connectivity index (χ1) is 9.81. The van der Waals surface area contributed by atoms with E-state index in [-0.39, 0.29) is 0 Å². The average molecular weight is 268 g/mol. The van der Waals surface area contributed by atoms with Gasteiger partial charge in [0, 0.05) is 6.20 Å². The van der Waals surface area contributed by atoms with Crippen LogP contribution in [0.3, 0.4) is 0 Å². The fourth-order valence-electron chi connectivity index (χ4n) is 1.94. The number of benzene rings is 1. The Morgan fingerprint density at radius 3 is 3.00 bits per heavy atom. The van der Waals surface area contributed by atoms with E-state index in [0.717, 1.165) is 11.4 Å². The fourth-order valence-corrected chi connectivity index (χ4v) is 1.94. The van der Waals surface area contributed by atoms with E-state index in [1.807, 2.05) is 55.6 Å². The van der Waals surface area contributed by atoms with E-state index in [0.29, 0.717) is 19.1 Å². The maximum Gasteiger partial charge on any atom is 0.243 e. The molecule has 5 nitrogen and oxygen atoms in total. The number of aryl methyl sites for hydroxylation is 1. The van der Waals surface area contributed by atoms with Crippen molar-refractivity contribution in [3.05, 3.63) is 54.2 Å². The number of ether oxygens (including phenoxy) is 1. The lowest BCUT2D eigenvalue weighted by Gasteiger charge is -2.06. The number of nitrogens with zero attached hydrogens (tertiary/aromatic N) is 3. The predicted octanol–water partition coefficient (Wildman–Crippen LogP) is 2.53. The van der Waals surface area contributed by atoms with Crippen LogP contribution in [0.15, 0.2) is 48.7 Å². The highest BCUT2D eigenvalue weighted by molar-refractivity contribution is 5.42. The lowest BCUT2D eigenvalue weighted by atomic mass is 10.2. The minimum atomic E-state index is 0.568. The Balaban J connectivity index is 1.52. The highest BCUT2D eigenvalue weighted by atomic mass is 16.5. The third kappa shape index (κ3) is 2.88. The topological polar surface area (TPSA) is 51.5 Å². The van der Waals surface area contributed by atoms with Gasteiger partial charge >= 0.3 is 0 Å². The van der Waals surface area contributed by atoms with Gasteiger partial charge in [0.2, 0.25) is 5.95 Å². The molecule has 20 heavy (non-hydrogen) atoms. The number of fused-ring (bicyclic) bond motifs is 1. The van der Waals surface area contributed by atoms with Crippen molar-refractivity contribution in [3.8, 4) is 5.75 Å². The summed E-state index contributed by atoms with van der Waals surface area (Å²) in [6.07, 6.45) is 1.87. The number of pyridine rings is 1. The van der Waals surface area contributed by atoms with Crippen LogP contribution in [0, 0.1) is 6.92 Å². The molecule has 0 aliphatic carbocycles. The van der Waals surface area contributed by atoms with Crippen LogP contribution in [0.1, 0.15) is 5.56 Å². The van der Waals surface area contributed by atoms with Crippen LogP contribution in [0.5, 0.6) is 5.75 Å². The summed E-state index contributed by atoms with van der Waals surface area (Å²) < 4.78 is 7.40. The van der Waals surface area contributed by atoms with Crippen LogP contribution in [-0.4, -0.2) is 27.7 Å². The summed E-state index contributed by atoms with van der Waals surface area (Å²) in [5, 5.41) is 7.46. The summed E-state index contributed by atoms with van der Waals surface area (Å²) in [5.41, 5.74) is 2.02. The van der Waals surface area contributed by atoms with Crippen LogP contribution in [-0.2, 0) is 0 Å². The van der Waals surface area contributed by atoms with Gasteiger partial charge in [0.05, 0.1) is 6.54 Å². The van der Waals surface area contributed by atoms with Gasteiger partial charge in [0.1, 0.15) is 12.4 Å². The second-order valence-electron chi connectivity index (χ2n) is 4.53. The van der Waals surface area contributed by atoms with Gasteiger partial charge in [-0.2, -0.15) is 4.98 Å². The largest absolute Gasteiger partial charge is 0.492 e. The molecule has 0 atom stereocenters. The molecular weight excluding hydrogens is 252 g/mol. The van der Waals surface area contributed by atoms with Crippen molar-refractivity contribution in [1.82, 2.24) is 14.6 Å². The molecule has 0 spiro atoms. The molecule has 0 fully saturated rings. The molecule has 0 saturated heterocycles. The molecule has 5 heteroatoms. The van der Waals surface area contributed by atoms with Gasteiger partial charge in [-0.05, 0) is 36.8 Å². The number of hydrogen-bond acceptors (Lipinski definition) is 4. The van der Waals surface area contributed by atoms with E-state index >= 15 is 0 Å². The zero-order chi connectivity index (χ0) is 13.8. The van der Waals surface area contributed by atoms with Crippen molar-refractivity contribution in [1.29, 1.82) is 0 Å². The van der Waals surface area contributed by atoms with Crippen LogP contribution in [0.2, 0.25) is 0 Å². The van der Waals surface area contributed by atoms with Crippen LogP contribution < -0.4 is 10.1 Å². The van der Waals surface area contributed by atoms with E-state index in [9.17, 15) is 0 Å². The summed E-state index contributed by atoms with van der Waals surface area (Å²) in [6.45, 7) is 3.27. The lowest BCUT2D eigenvalue weighted by molar-refractivity contribution is 0.332. The zero-order valence-electron chi connectivity index (χ0n) is 11.3. The summed E-state index contributed by atoms with van der Waals surface area (Å²) in [4.78, 5) is 4.36. The molecule has 0 saturated carbocycles. The smallest absolute Gasteiger partial charge is 0.243 e. The van der Waals surface area contributed by atoms with Crippen molar-refractivity contribution >= 4 is 11.6 Å². The zero-order valence-corrected chi connectivity index (χ0v) is 11.3. The SMILES string of the molecule is Cc1cccc(OCCNc2nc3ccccn3n2)c1. The third-order valence-corrected chi connectivity index (χ3v) is 2.88. The maximum atomic E-state index is 5.66. The Labute approximate surface area is 117 Å². The van der Waals surface area contributed by atoms with E-state index in [4.69, 9.17) is 4.74 Å². The monoisotopic (exact) mass is 268 g/mol. The maximum absolute atomic E-state index is 5.66. The average Bonchev–Trinajstić information content (AvgIpc) is 2.86. The summed E-state index contributed by atoms with van der Waals surface area (Å²) in [5.74, 6) is 1.50. The number of aromatic nitrogens is 3. The van der Waals surface area contributed by atoms with Crippen molar-refractivity contribution in [3.63, 3.8) is 0 Å². The molecule has 3 rings (SSSR count). The van der Waals surface area contributed by atoms with E-state index in [2.05, 4.69) is 15.4 Å². The van der Waals surface area contributed by atoms with Gasteiger partial charge in [-0.25, -0.2) is 4.52 Å². The first-order valence-electron chi connectivity index (χ1n) is 6.56. The third-order valence-electron chi connectivity index (χ3n) is 2.88. The molecule has 0 radical (unpaired) electrons. The fraction of sp³-hybridized carbons (Fsp3) is 0.200. The number of anilines is 1. The standard InChI is InChI=1S/C15H16N4O/c1-12-5-4-6-13(11-12)20-10-8-16-15-17-14-7-2-3-9-19(14)18-15/h2-7,9,11H,8,10H2,1H3,(H,16,18). The first-order valence-corrected chi connectivity index (χ1v) is 6.56. The van der Waals surface area contributed by atoms with Gasteiger partial charge in [0.25, 0.3) is 0 Å². The van der Waals surface area contributed by atoms with E-state index in [1.165, 1.54) is 5.56 Å². The minimum absolute atomic E-state index is 0.568. The minimum Gasteiger partial charge on any atom is -0.492 e. The Kier molecular flexibility index (Phi) is 3.50. The van der Waals surface area contributed by atoms with Crippen LogP contribution in [0.4, 0.5) is 5.95 Å². The van der Waals surface area contributed by atoms with Gasteiger partial charge < -0.3 is 10.1 Å². The van der Waals surface area contributed by atoms with Gasteiger partial charge in [-0.3, -0.25) is 0 Å². The summed E-state index contributed by atoms with van der Waals surface area (Å²) in [6, 6.07) is 13.8. The van der Waals surface area contributed by atoms with Crippen LogP contribution >= 0.6 is 0 Å². The lowest BCUT2D eigenvalue weighted by Crippen LogP contribution is -2.12. The second kappa shape index (κ2) is 5.61. The molecule has 3 aromatic rings. The quantitative estimate of drug-likeness (QED) is 0.722. The van der Waals surface area contributed by atoms with Crippen molar-refractivity contribution in [2.24, 2.45) is 0 Å². The van der Waals surface area contributed by atoms with Gasteiger partial charge in [-0.15, -0.1) is 5.10 Å². The highest BCUT2D eigenvalue weighted by Crippen LogP contribution is 2.12. The molecule has 2 aromatic heterocycles. The number of rotatable bonds is 5. The first kappa shape index (κ1) is 12.5. The molecule has 0 bridgehead atoms. The summed E-state index contributed by atoms with van der Waals surface area (Å²) >= 11 is 0. The molecule has 0 aliphatic heterocycles. The Hall–Kier alpha value is -2.56. The number of hydrogen-bond donors (Lipinski definition) is 1. The molecule has 1 N–H and O–H groups in total.